The van der Waals surface area contributed by atoms with Crippen molar-refractivity contribution in [2.75, 3.05) is 14.2 Å². The number of ketones is 1. The van der Waals surface area contributed by atoms with Crippen molar-refractivity contribution in [3.05, 3.63) is 120 Å². The molecule has 2 nitrogen and oxygen atoms in total. The smallest absolute Gasteiger partial charge is 0.343 e. The predicted molar refractivity (Wildman–Crippen MR) is 130 cm³/mol. The number of allylic oxidation sites excluding steroid dienone is 5. The topological polar surface area (TPSA) is 20.5 Å². The minimum absolute atomic E-state index is 0.848. The van der Waals surface area contributed by atoms with Crippen LogP contribution in [0.2, 0.25) is 0 Å². The maximum Gasteiger partial charge on any atom is 0.343 e. The lowest BCUT2D eigenvalue weighted by Crippen LogP contribution is -2.00. The van der Waals surface area contributed by atoms with Crippen molar-refractivity contribution in [2.45, 2.75) is 0 Å². The quantitative estimate of drug-likeness (QED) is 0.277. The van der Waals surface area contributed by atoms with Gasteiger partial charge in [0.25, 0.3) is 7.11 Å². The van der Waals surface area contributed by atoms with Crippen LogP contribution in [0.5, 0.6) is 5.75 Å². The Kier molecular flexibility index (Phi) is 4.97. The van der Waals surface area contributed by atoms with Gasteiger partial charge >= 0.3 is 5.78 Å². The van der Waals surface area contributed by atoms with Gasteiger partial charge < -0.3 is 4.74 Å². The lowest BCUT2D eigenvalue weighted by molar-refractivity contribution is -0.417. The van der Waals surface area contributed by atoms with Gasteiger partial charge in [0.2, 0.25) is 0 Å². The highest BCUT2D eigenvalue weighted by atomic mass is 16.5. The number of methoxy groups -OCH3 is 1. The molecular formula is C29H23O2+. The first kappa shape index (κ1) is 19.1. The molecule has 0 unspecified atom stereocenters. The summed E-state index contributed by atoms with van der Waals surface area (Å²) in [5.41, 5.74) is 4.72. The highest BCUT2D eigenvalue weighted by Gasteiger charge is 2.18. The van der Waals surface area contributed by atoms with Crippen molar-refractivity contribution in [2.24, 2.45) is 0 Å². The molecule has 0 saturated carbocycles. The second-order valence-corrected chi connectivity index (χ2v) is 7.53. The molecule has 0 radical (unpaired) electrons. The fourth-order valence-electron chi connectivity index (χ4n) is 4.25. The van der Waals surface area contributed by atoms with Crippen LogP contribution in [-0.2, 0) is 4.42 Å². The van der Waals surface area contributed by atoms with Crippen LogP contribution in [0.1, 0.15) is 11.1 Å². The molecule has 0 aromatic heterocycles. The van der Waals surface area contributed by atoms with Gasteiger partial charge in [0.15, 0.2) is 0 Å². The van der Waals surface area contributed by atoms with E-state index in [1.165, 1.54) is 32.7 Å². The lowest BCUT2D eigenvalue weighted by Gasteiger charge is -2.18. The van der Waals surface area contributed by atoms with Crippen LogP contribution in [-0.4, -0.2) is 20.0 Å². The molecule has 4 aromatic carbocycles. The molecule has 150 valence electrons. The first-order chi connectivity index (χ1) is 15.3. The summed E-state index contributed by atoms with van der Waals surface area (Å²) >= 11 is 0. The van der Waals surface area contributed by atoms with Gasteiger partial charge in [0.1, 0.15) is 5.75 Å². The van der Waals surface area contributed by atoms with E-state index in [9.17, 15) is 0 Å². The summed E-state index contributed by atoms with van der Waals surface area (Å²) in [7, 11) is 3.39. The van der Waals surface area contributed by atoms with Crippen molar-refractivity contribution < 1.29 is 9.16 Å². The molecule has 0 amide bonds. The average Bonchev–Trinajstić information content (AvgIpc) is 2.84. The number of ether oxygens (including phenoxy) is 1. The van der Waals surface area contributed by atoms with Gasteiger partial charge in [0.05, 0.1) is 7.11 Å². The van der Waals surface area contributed by atoms with E-state index in [0.29, 0.717) is 0 Å². The van der Waals surface area contributed by atoms with Gasteiger partial charge in [-0.2, -0.15) is 0 Å². The Morgan fingerprint density at radius 3 is 1.84 bits per heavy atom. The number of rotatable bonds is 3. The van der Waals surface area contributed by atoms with Crippen LogP contribution in [0, 0.1) is 0 Å². The van der Waals surface area contributed by atoms with Crippen molar-refractivity contribution in [3.8, 4) is 5.75 Å². The summed E-state index contributed by atoms with van der Waals surface area (Å²) in [6.45, 7) is 0. The molecule has 0 bridgehead atoms. The fourth-order valence-corrected chi connectivity index (χ4v) is 4.25. The Hall–Kier alpha value is -3.91. The molecule has 0 N–H and O–H groups in total. The largest absolute Gasteiger partial charge is 0.497 e. The first-order valence-corrected chi connectivity index (χ1v) is 10.3. The van der Waals surface area contributed by atoms with Gasteiger partial charge in [-0.05, 0) is 74.2 Å². The van der Waals surface area contributed by atoms with E-state index in [2.05, 4.69) is 78.9 Å². The highest BCUT2D eigenvalue weighted by Crippen LogP contribution is 2.39. The Morgan fingerprint density at radius 2 is 1.29 bits per heavy atom. The SMILES string of the molecule is COc1ccc(C(=C2C=CC(=[O+]C)C=C2)c2c3ccccc3cc3ccccc23)cc1. The summed E-state index contributed by atoms with van der Waals surface area (Å²) < 4.78 is 10.8. The molecule has 5 rings (SSSR count). The second kappa shape index (κ2) is 8.08. The average molecular weight is 404 g/mol. The number of benzene rings is 4. The molecule has 4 aromatic rings. The molecule has 0 heterocycles. The van der Waals surface area contributed by atoms with E-state index >= 15 is 0 Å². The van der Waals surface area contributed by atoms with Crippen LogP contribution in [0.15, 0.2) is 109 Å². The third-order valence-corrected chi connectivity index (χ3v) is 5.78. The standard InChI is InChI=1S/C29H23O2/c1-30-24-15-11-20(12-16-24)28(21-13-17-25(31-2)18-14-21)29-26-9-5-3-7-22(26)19-23-8-4-6-10-27(23)29/h3-19H,1-2H3/q+1. The van der Waals surface area contributed by atoms with E-state index in [1.807, 2.05) is 24.3 Å². The number of carbonyl (C=O) groups excluding carboxylic acids is 1. The molecule has 0 aliphatic heterocycles. The zero-order valence-electron chi connectivity index (χ0n) is 17.6. The minimum atomic E-state index is 0.848. The van der Waals surface area contributed by atoms with E-state index in [0.717, 1.165) is 22.7 Å². The van der Waals surface area contributed by atoms with Crippen molar-refractivity contribution in [3.63, 3.8) is 0 Å². The first-order valence-electron chi connectivity index (χ1n) is 10.3. The van der Waals surface area contributed by atoms with Crippen molar-refractivity contribution in [1.29, 1.82) is 0 Å². The zero-order chi connectivity index (χ0) is 21.2. The summed E-state index contributed by atoms with van der Waals surface area (Å²) in [5, 5.41) is 4.94. The van der Waals surface area contributed by atoms with E-state index in [-0.39, 0.29) is 0 Å². The molecule has 0 saturated heterocycles. The van der Waals surface area contributed by atoms with Gasteiger partial charge in [-0.1, -0.05) is 60.7 Å². The maximum atomic E-state index is 5.41. The van der Waals surface area contributed by atoms with Crippen molar-refractivity contribution >= 4 is 32.9 Å². The normalized spacial score (nSPS) is 13.1. The number of hydrogen-bond donors (Lipinski definition) is 0. The molecule has 0 spiro atoms. The summed E-state index contributed by atoms with van der Waals surface area (Å²) in [6.07, 6.45) is 8.31. The third kappa shape index (κ3) is 3.47. The van der Waals surface area contributed by atoms with E-state index in [4.69, 9.17) is 9.16 Å². The Balaban J connectivity index is 1.90. The summed E-state index contributed by atoms with van der Waals surface area (Å²) in [4.78, 5) is 0. The van der Waals surface area contributed by atoms with Crippen molar-refractivity contribution in [1.82, 2.24) is 0 Å². The highest BCUT2D eigenvalue weighted by molar-refractivity contribution is 6.13. The predicted octanol–water partition coefficient (Wildman–Crippen LogP) is 6.66. The number of fused-ring (bicyclic) bond motifs is 2. The second-order valence-electron chi connectivity index (χ2n) is 7.53. The molecule has 0 fully saturated rings. The maximum absolute atomic E-state index is 5.41. The van der Waals surface area contributed by atoms with Crippen LogP contribution in [0.4, 0.5) is 0 Å². The summed E-state index contributed by atoms with van der Waals surface area (Å²) in [6, 6.07) is 27.8. The molecule has 1 aliphatic rings. The number of hydrogen-bond acceptors (Lipinski definition) is 1. The van der Waals surface area contributed by atoms with E-state index < -0.39 is 0 Å². The lowest BCUT2D eigenvalue weighted by atomic mass is 9.85. The Morgan fingerprint density at radius 1 is 0.710 bits per heavy atom. The molecule has 31 heavy (non-hydrogen) atoms. The van der Waals surface area contributed by atoms with Crippen LogP contribution in [0.3, 0.4) is 0 Å². The molecule has 1 aliphatic carbocycles. The van der Waals surface area contributed by atoms with Crippen LogP contribution in [0.25, 0.3) is 27.1 Å². The molecule has 0 atom stereocenters. The third-order valence-electron chi connectivity index (χ3n) is 5.78. The molecular weight excluding hydrogens is 380 g/mol. The van der Waals surface area contributed by atoms with Crippen LogP contribution >= 0.6 is 0 Å². The zero-order valence-corrected chi connectivity index (χ0v) is 17.6. The minimum Gasteiger partial charge on any atom is -0.497 e. The fraction of sp³-hybridized carbons (Fsp3) is 0.0690. The molecule has 2 heteroatoms. The van der Waals surface area contributed by atoms with E-state index in [1.54, 1.807) is 14.2 Å². The monoisotopic (exact) mass is 403 g/mol. The Bertz CT molecular complexity index is 1330. The van der Waals surface area contributed by atoms with Gasteiger partial charge in [-0.15, -0.1) is 0 Å². The Labute approximate surface area is 182 Å². The van der Waals surface area contributed by atoms with Gasteiger partial charge in [-0.3, -0.25) is 4.42 Å². The summed E-state index contributed by atoms with van der Waals surface area (Å²) in [5.74, 6) is 1.70. The van der Waals surface area contributed by atoms with Gasteiger partial charge in [-0.25, -0.2) is 0 Å². The van der Waals surface area contributed by atoms with Crippen LogP contribution < -0.4 is 4.74 Å². The van der Waals surface area contributed by atoms with Gasteiger partial charge in [0, 0.05) is 12.2 Å².